The summed E-state index contributed by atoms with van der Waals surface area (Å²) in [7, 11) is 0. The van der Waals surface area contributed by atoms with E-state index in [0.717, 1.165) is 86.6 Å². The van der Waals surface area contributed by atoms with E-state index >= 15 is 0 Å². The fourth-order valence-electron chi connectivity index (χ4n) is 7.83. The summed E-state index contributed by atoms with van der Waals surface area (Å²) in [5.41, 5.74) is 7.98. The monoisotopic (exact) mass is 636 g/mol. The molecule has 0 spiro atoms. The first-order valence-corrected chi connectivity index (χ1v) is 17.5. The van der Waals surface area contributed by atoms with Crippen molar-refractivity contribution in [2.45, 2.75) is 77.4 Å². The second kappa shape index (κ2) is 14.6. The SMILES string of the molecule is C=C(c1c(C)ncnc1C)N1CCC(C)(N2CCC(N(Cc3ccccc3)c3ccc(C(C)C(=O)N4CCOCC4)cc3)CC2)CC1. The highest BCUT2D eigenvalue weighted by Crippen LogP contribution is 2.36. The summed E-state index contributed by atoms with van der Waals surface area (Å²) in [5.74, 6) is 0.0314. The molecule has 1 aromatic heterocycles. The number of piperidine rings is 2. The third-order valence-corrected chi connectivity index (χ3v) is 11.0. The first-order valence-electron chi connectivity index (χ1n) is 17.5. The van der Waals surface area contributed by atoms with Crippen LogP contribution in [0, 0.1) is 13.8 Å². The first-order chi connectivity index (χ1) is 22.7. The maximum Gasteiger partial charge on any atom is 0.229 e. The maximum absolute atomic E-state index is 13.2. The van der Waals surface area contributed by atoms with Crippen molar-refractivity contribution in [1.29, 1.82) is 0 Å². The summed E-state index contributed by atoms with van der Waals surface area (Å²) in [5, 5.41) is 0. The van der Waals surface area contributed by atoms with E-state index in [0.29, 0.717) is 32.3 Å². The predicted molar refractivity (Wildman–Crippen MR) is 189 cm³/mol. The zero-order valence-electron chi connectivity index (χ0n) is 28.8. The number of benzene rings is 2. The van der Waals surface area contributed by atoms with Gasteiger partial charge in [0, 0.05) is 74.3 Å². The highest BCUT2D eigenvalue weighted by Gasteiger charge is 2.39. The highest BCUT2D eigenvalue weighted by atomic mass is 16.5. The van der Waals surface area contributed by atoms with Crippen molar-refractivity contribution in [1.82, 2.24) is 24.7 Å². The Labute approximate surface area is 281 Å². The van der Waals surface area contributed by atoms with Gasteiger partial charge in [0.15, 0.2) is 0 Å². The molecule has 6 rings (SSSR count). The molecule has 2 aromatic carbocycles. The third-order valence-electron chi connectivity index (χ3n) is 11.0. The standard InChI is InChI=1S/C39H52N6O2/c1-29(38(46)43-23-25-47-26-24-43)34-11-13-35(14-12-34)45(27-33-9-7-6-8-10-33)36-15-19-44(20-16-36)39(5)17-21-42(22-18-39)32(4)37-30(2)40-28-41-31(37)3/h6-14,28-29,36H,4,15-27H2,1-3,5H3. The molecule has 0 saturated carbocycles. The molecule has 8 heteroatoms. The van der Waals surface area contributed by atoms with E-state index in [9.17, 15) is 4.79 Å². The molecular formula is C39H52N6O2. The van der Waals surface area contributed by atoms with Crippen LogP contribution in [0.3, 0.4) is 0 Å². The zero-order valence-corrected chi connectivity index (χ0v) is 28.8. The van der Waals surface area contributed by atoms with Crippen molar-refractivity contribution < 1.29 is 9.53 Å². The summed E-state index contributed by atoms with van der Waals surface area (Å²) in [6, 6.07) is 20.1. The minimum Gasteiger partial charge on any atom is -0.378 e. The summed E-state index contributed by atoms with van der Waals surface area (Å²) in [6.45, 7) is 20.8. The number of rotatable bonds is 9. The number of hydrogen-bond donors (Lipinski definition) is 0. The van der Waals surface area contributed by atoms with Gasteiger partial charge in [-0.15, -0.1) is 0 Å². The van der Waals surface area contributed by atoms with Crippen molar-refractivity contribution in [2.75, 3.05) is 57.4 Å². The Hall–Kier alpha value is -3.75. The maximum atomic E-state index is 13.2. The second-order valence-electron chi connectivity index (χ2n) is 13.9. The minimum absolute atomic E-state index is 0.161. The molecule has 0 radical (unpaired) electrons. The molecule has 250 valence electrons. The van der Waals surface area contributed by atoms with Gasteiger partial charge in [0.25, 0.3) is 0 Å². The molecule has 3 aliphatic heterocycles. The van der Waals surface area contributed by atoms with Gasteiger partial charge >= 0.3 is 0 Å². The Morgan fingerprint density at radius 1 is 0.915 bits per heavy atom. The number of nitrogens with zero attached hydrogens (tertiary/aromatic N) is 6. The van der Waals surface area contributed by atoms with Crippen LogP contribution < -0.4 is 4.90 Å². The van der Waals surface area contributed by atoms with Gasteiger partial charge in [0.2, 0.25) is 5.91 Å². The Balaban J connectivity index is 1.10. The van der Waals surface area contributed by atoms with Gasteiger partial charge in [-0.2, -0.15) is 0 Å². The second-order valence-corrected chi connectivity index (χ2v) is 13.9. The number of morpholine rings is 1. The van der Waals surface area contributed by atoms with E-state index in [1.54, 1.807) is 6.33 Å². The number of likely N-dealkylation sites (tertiary alicyclic amines) is 2. The molecule has 0 bridgehead atoms. The molecular weight excluding hydrogens is 584 g/mol. The lowest BCUT2D eigenvalue weighted by Gasteiger charge is -2.51. The van der Waals surface area contributed by atoms with Gasteiger partial charge in [-0.1, -0.05) is 49.0 Å². The van der Waals surface area contributed by atoms with E-state index in [4.69, 9.17) is 4.74 Å². The van der Waals surface area contributed by atoms with Gasteiger partial charge < -0.3 is 19.4 Å². The molecule has 3 aromatic rings. The van der Waals surface area contributed by atoms with Crippen molar-refractivity contribution in [2.24, 2.45) is 0 Å². The highest BCUT2D eigenvalue weighted by molar-refractivity contribution is 5.83. The Bertz CT molecular complexity index is 1480. The van der Waals surface area contributed by atoms with Crippen molar-refractivity contribution >= 4 is 17.3 Å². The van der Waals surface area contributed by atoms with Crippen LogP contribution in [0.1, 0.15) is 73.5 Å². The lowest BCUT2D eigenvalue weighted by atomic mass is 9.85. The lowest BCUT2D eigenvalue weighted by molar-refractivity contribution is -0.136. The van der Waals surface area contributed by atoms with E-state index in [-0.39, 0.29) is 17.4 Å². The van der Waals surface area contributed by atoms with E-state index < -0.39 is 0 Å². The molecule has 3 fully saturated rings. The number of anilines is 1. The number of aryl methyl sites for hydroxylation is 2. The molecule has 8 nitrogen and oxygen atoms in total. The number of aromatic nitrogens is 2. The Kier molecular flexibility index (Phi) is 10.3. The molecule has 0 N–H and O–H groups in total. The fourth-order valence-corrected chi connectivity index (χ4v) is 7.83. The van der Waals surface area contributed by atoms with Crippen molar-refractivity contribution in [3.63, 3.8) is 0 Å². The number of hydrogen-bond acceptors (Lipinski definition) is 7. The quantitative estimate of drug-likeness (QED) is 0.283. The molecule has 1 amide bonds. The van der Waals surface area contributed by atoms with Crippen LogP contribution in [0.5, 0.6) is 0 Å². The summed E-state index contributed by atoms with van der Waals surface area (Å²) >= 11 is 0. The predicted octanol–water partition coefficient (Wildman–Crippen LogP) is 6.05. The van der Waals surface area contributed by atoms with Gasteiger partial charge in [-0.05, 0) is 76.6 Å². The topological polar surface area (TPSA) is 65.0 Å². The summed E-state index contributed by atoms with van der Waals surface area (Å²) in [6.07, 6.45) is 6.15. The van der Waals surface area contributed by atoms with Crippen LogP contribution in [-0.2, 0) is 16.1 Å². The van der Waals surface area contributed by atoms with Crippen LogP contribution in [-0.4, -0.2) is 94.6 Å². The van der Waals surface area contributed by atoms with Gasteiger partial charge in [0.1, 0.15) is 6.33 Å². The van der Waals surface area contributed by atoms with Crippen molar-refractivity contribution in [3.05, 3.63) is 95.6 Å². The summed E-state index contributed by atoms with van der Waals surface area (Å²) < 4.78 is 5.45. The van der Waals surface area contributed by atoms with Crippen LogP contribution in [0.25, 0.3) is 5.70 Å². The molecule has 47 heavy (non-hydrogen) atoms. The third kappa shape index (κ3) is 7.39. The van der Waals surface area contributed by atoms with E-state index in [2.05, 4.69) is 107 Å². The minimum atomic E-state index is -0.161. The molecule has 1 unspecified atom stereocenters. The number of amides is 1. The fraction of sp³-hybridized carbons (Fsp3) is 0.513. The largest absolute Gasteiger partial charge is 0.378 e. The van der Waals surface area contributed by atoms with Gasteiger partial charge in [0.05, 0.1) is 30.5 Å². The van der Waals surface area contributed by atoms with Crippen LogP contribution in [0.2, 0.25) is 0 Å². The molecule has 4 heterocycles. The van der Waals surface area contributed by atoms with Gasteiger partial charge in [-0.3, -0.25) is 9.69 Å². The molecule has 3 saturated heterocycles. The normalized spacial score (nSPS) is 19.7. The average Bonchev–Trinajstić information content (AvgIpc) is 3.11. The average molecular weight is 637 g/mol. The number of carbonyl (C=O) groups is 1. The van der Waals surface area contributed by atoms with Crippen LogP contribution in [0.15, 0.2) is 67.5 Å². The Morgan fingerprint density at radius 3 is 2.15 bits per heavy atom. The van der Waals surface area contributed by atoms with Crippen LogP contribution >= 0.6 is 0 Å². The van der Waals surface area contributed by atoms with E-state index in [1.165, 1.54) is 11.3 Å². The lowest BCUT2D eigenvalue weighted by Crippen LogP contribution is -2.57. The van der Waals surface area contributed by atoms with Crippen molar-refractivity contribution in [3.8, 4) is 0 Å². The van der Waals surface area contributed by atoms with Gasteiger partial charge in [-0.25, -0.2) is 9.97 Å². The Morgan fingerprint density at radius 2 is 1.53 bits per heavy atom. The zero-order chi connectivity index (χ0) is 33.0. The molecule has 3 aliphatic rings. The summed E-state index contributed by atoms with van der Waals surface area (Å²) in [4.78, 5) is 31.8. The smallest absolute Gasteiger partial charge is 0.229 e. The number of carbonyl (C=O) groups excluding carboxylic acids is 1. The molecule has 0 aliphatic carbocycles. The van der Waals surface area contributed by atoms with Crippen LogP contribution in [0.4, 0.5) is 5.69 Å². The first kappa shape index (κ1) is 33.2. The number of ether oxygens (including phenoxy) is 1. The molecule has 1 atom stereocenters. The van der Waals surface area contributed by atoms with E-state index in [1.807, 2.05) is 11.8 Å².